The number of carbonyl (C=O) groups excluding carboxylic acids is 2. The second kappa shape index (κ2) is 8.31. The second-order valence-electron chi connectivity index (χ2n) is 5.26. The molecule has 0 aliphatic heterocycles. The Morgan fingerprint density at radius 2 is 2.08 bits per heavy atom. The number of hydrogen-bond donors (Lipinski definition) is 1. The van der Waals surface area contributed by atoms with E-state index in [1.165, 1.54) is 15.9 Å². The van der Waals surface area contributed by atoms with Gasteiger partial charge in [0, 0.05) is 34.6 Å². The maximum atomic E-state index is 12.1. The van der Waals surface area contributed by atoms with Crippen LogP contribution in [0.4, 0.5) is 5.69 Å². The van der Waals surface area contributed by atoms with Gasteiger partial charge in [0.25, 0.3) is 0 Å². The predicted molar refractivity (Wildman–Crippen MR) is 97.4 cm³/mol. The van der Waals surface area contributed by atoms with Crippen LogP contribution < -0.4 is 10.1 Å². The van der Waals surface area contributed by atoms with E-state index >= 15 is 0 Å². The average molecular weight is 344 g/mol. The van der Waals surface area contributed by atoms with Crippen molar-refractivity contribution < 1.29 is 14.3 Å². The summed E-state index contributed by atoms with van der Waals surface area (Å²) in [6, 6.07) is 11.0. The van der Waals surface area contributed by atoms with Crippen molar-refractivity contribution in [1.29, 1.82) is 0 Å². The highest BCUT2D eigenvalue weighted by atomic mass is 32.1. The summed E-state index contributed by atoms with van der Waals surface area (Å²) in [7, 11) is 3.16. The highest BCUT2D eigenvalue weighted by molar-refractivity contribution is 7.12. The van der Waals surface area contributed by atoms with Crippen LogP contribution in [0, 0.1) is 6.92 Å². The van der Waals surface area contributed by atoms with Crippen molar-refractivity contribution in [2.45, 2.75) is 6.92 Å². The molecule has 0 radical (unpaired) electrons. The molecule has 2 aromatic rings. The largest absolute Gasteiger partial charge is 0.497 e. The van der Waals surface area contributed by atoms with Crippen molar-refractivity contribution in [1.82, 2.24) is 4.90 Å². The molecule has 5 nitrogen and oxygen atoms in total. The monoisotopic (exact) mass is 344 g/mol. The van der Waals surface area contributed by atoms with E-state index in [9.17, 15) is 9.59 Å². The highest BCUT2D eigenvalue weighted by Gasteiger charge is 2.11. The molecule has 2 amide bonds. The number of anilines is 1. The van der Waals surface area contributed by atoms with Crippen molar-refractivity contribution in [3.8, 4) is 5.75 Å². The first-order chi connectivity index (χ1) is 11.5. The van der Waals surface area contributed by atoms with Gasteiger partial charge in [-0.25, -0.2) is 0 Å². The zero-order chi connectivity index (χ0) is 17.5. The molecular weight excluding hydrogens is 324 g/mol. The molecule has 1 aromatic carbocycles. The Kier molecular flexibility index (Phi) is 6.14. The molecule has 0 unspecified atom stereocenters. The summed E-state index contributed by atoms with van der Waals surface area (Å²) >= 11 is 1.61. The lowest BCUT2D eigenvalue weighted by Crippen LogP contribution is -2.33. The molecule has 1 aromatic heterocycles. The molecular formula is C18H20N2O3S. The van der Waals surface area contributed by atoms with Gasteiger partial charge in [0.15, 0.2) is 0 Å². The van der Waals surface area contributed by atoms with Gasteiger partial charge in [-0.2, -0.15) is 0 Å². The molecule has 2 rings (SSSR count). The fourth-order valence-electron chi connectivity index (χ4n) is 2.02. The quantitative estimate of drug-likeness (QED) is 0.819. The van der Waals surface area contributed by atoms with Gasteiger partial charge >= 0.3 is 0 Å². The van der Waals surface area contributed by atoms with Crippen molar-refractivity contribution >= 4 is 34.9 Å². The van der Waals surface area contributed by atoms with Crippen molar-refractivity contribution in [3.05, 3.63) is 52.2 Å². The van der Waals surface area contributed by atoms with Crippen LogP contribution in [0.25, 0.3) is 6.08 Å². The zero-order valence-electron chi connectivity index (χ0n) is 13.9. The maximum absolute atomic E-state index is 12.1. The van der Waals surface area contributed by atoms with Crippen LogP contribution in [-0.2, 0) is 9.59 Å². The van der Waals surface area contributed by atoms with E-state index < -0.39 is 0 Å². The van der Waals surface area contributed by atoms with Gasteiger partial charge in [-0.05, 0) is 37.3 Å². The number of hydrogen-bond acceptors (Lipinski definition) is 4. The van der Waals surface area contributed by atoms with Gasteiger partial charge in [0.1, 0.15) is 5.75 Å². The first-order valence-corrected chi connectivity index (χ1v) is 8.23. The Balaban J connectivity index is 1.88. The molecule has 0 atom stereocenters. The normalized spacial score (nSPS) is 10.6. The number of likely N-dealkylation sites (N-methyl/N-ethyl adjacent to an activating group) is 1. The van der Waals surface area contributed by atoms with Gasteiger partial charge in [-0.15, -0.1) is 11.3 Å². The number of aryl methyl sites for hydroxylation is 1. The second-order valence-corrected chi connectivity index (χ2v) is 6.58. The van der Waals surface area contributed by atoms with Crippen molar-refractivity contribution in [3.63, 3.8) is 0 Å². The molecule has 0 saturated heterocycles. The van der Waals surface area contributed by atoms with E-state index in [-0.39, 0.29) is 18.4 Å². The smallest absolute Gasteiger partial charge is 0.246 e. The molecule has 0 fully saturated rings. The summed E-state index contributed by atoms with van der Waals surface area (Å²) in [4.78, 5) is 27.7. The Hall–Kier alpha value is -2.60. The minimum absolute atomic E-state index is 0.0240. The molecule has 0 aliphatic rings. The minimum atomic E-state index is -0.264. The van der Waals surface area contributed by atoms with Gasteiger partial charge in [-0.1, -0.05) is 6.07 Å². The predicted octanol–water partition coefficient (Wildman–Crippen LogP) is 3.18. The number of amides is 2. The number of carbonyl (C=O) groups is 2. The van der Waals surface area contributed by atoms with Crippen LogP contribution in [0.1, 0.15) is 9.75 Å². The first-order valence-electron chi connectivity index (χ1n) is 7.41. The Labute approximate surface area is 145 Å². The molecule has 0 saturated carbocycles. The molecule has 0 aliphatic carbocycles. The summed E-state index contributed by atoms with van der Waals surface area (Å²) in [5.41, 5.74) is 0.629. The maximum Gasteiger partial charge on any atom is 0.246 e. The van der Waals surface area contributed by atoms with Gasteiger partial charge in [0.05, 0.1) is 13.7 Å². The number of ether oxygens (including phenoxy) is 1. The van der Waals surface area contributed by atoms with Crippen LogP contribution in [0.2, 0.25) is 0 Å². The summed E-state index contributed by atoms with van der Waals surface area (Å²) < 4.78 is 5.11. The highest BCUT2D eigenvalue weighted by Crippen LogP contribution is 2.17. The molecule has 1 N–H and O–H groups in total. The molecule has 6 heteroatoms. The number of nitrogens with zero attached hydrogens (tertiary/aromatic N) is 1. The summed E-state index contributed by atoms with van der Waals surface area (Å²) in [5, 5.41) is 2.74. The first kappa shape index (κ1) is 17.7. The van der Waals surface area contributed by atoms with Crippen LogP contribution in [0.3, 0.4) is 0 Å². The van der Waals surface area contributed by atoms with Crippen LogP contribution >= 0.6 is 11.3 Å². The third kappa shape index (κ3) is 5.24. The van der Waals surface area contributed by atoms with Crippen molar-refractivity contribution in [2.24, 2.45) is 0 Å². The van der Waals surface area contributed by atoms with E-state index in [4.69, 9.17) is 4.74 Å². The number of nitrogens with one attached hydrogen (secondary N) is 1. The Bertz CT molecular complexity index is 752. The Morgan fingerprint density at radius 1 is 1.29 bits per heavy atom. The topological polar surface area (TPSA) is 58.6 Å². The fraction of sp³-hybridized carbons (Fsp3) is 0.222. The Morgan fingerprint density at radius 3 is 2.75 bits per heavy atom. The summed E-state index contributed by atoms with van der Waals surface area (Å²) in [6.45, 7) is 1.99. The third-order valence-electron chi connectivity index (χ3n) is 3.26. The number of methoxy groups -OCH3 is 1. The molecule has 0 spiro atoms. The lowest BCUT2D eigenvalue weighted by Gasteiger charge is -2.15. The average Bonchev–Trinajstić information content (AvgIpc) is 2.98. The van der Waals surface area contributed by atoms with E-state index in [1.807, 2.05) is 19.1 Å². The van der Waals surface area contributed by atoms with E-state index in [0.29, 0.717) is 11.4 Å². The SMILES string of the molecule is COc1cccc(NC(=O)CN(C)C(=O)/C=C/c2ccc(C)s2)c1. The molecule has 24 heavy (non-hydrogen) atoms. The van der Waals surface area contributed by atoms with Crippen LogP contribution in [-0.4, -0.2) is 37.4 Å². The van der Waals surface area contributed by atoms with Crippen LogP contribution in [0.15, 0.2) is 42.5 Å². The molecule has 0 bridgehead atoms. The minimum Gasteiger partial charge on any atom is -0.497 e. The molecule has 126 valence electrons. The van der Waals surface area contributed by atoms with E-state index in [2.05, 4.69) is 5.32 Å². The fourth-order valence-corrected chi connectivity index (χ4v) is 2.80. The van der Waals surface area contributed by atoms with Gasteiger partial charge in [-0.3, -0.25) is 9.59 Å². The number of thiophene rings is 1. The number of rotatable bonds is 6. The number of benzene rings is 1. The summed E-state index contributed by atoms with van der Waals surface area (Å²) in [6.07, 6.45) is 3.24. The van der Waals surface area contributed by atoms with Gasteiger partial charge in [0.2, 0.25) is 11.8 Å². The molecule has 1 heterocycles. The standard InChI is InChI=1S/C18H20N2O3S/c1-13-7-8-16(24-13)9-10-18(22)20(2)12-17(21)19-14-5-4-6-15(11-14)23-3/h4-11H,12H2,1-3H3,(H,19,21)/b10-9+. The van der Waals surface area contributed by atoms with Crippen molar-refractivity contribution in [2.75, 3.05) is 26.0 Å². The zero-order valence-corrected chi connectivity index (χ0v) is 14.7. The van der Waals surface area contributed by atoms with E-state index in [0.717, 1.165) is 4.88 Å². The third-order valence-corrected chi connectivity index (χ3v) is 4.23. The van der Waals surface area contributed by atoms with Gasteiger partial charge < -0.3 is 15.0 Å². The summed E-state index contributed by atoms with van der Waals surface area (Å²) in [5.74, 6) is 0.174. The van der Waals surface area contributed by atoms with Crippen LogP contribution in [0.5, 0.6) is 5.75 Å². The lowest BCUT2D eigenvalue weighted by molar-refractivity contribution is -0.129. The van der Waals surface area contributed by atoms with E-state index in [1.54, 1.807) is 55.8 Å². The lowest BCUT2D eigenvalue weighted by atomic mass is 10.3.